The van der Waals surface area contributed by atoms with Gasteiger partial charge < -0.3 is 15.0 Å². The van der Waals surface area contributed by atoms with Crippen molar-refractivity contribution in [3.63, 3.8) is 0 Å². The highest BCUT2D eigenvalue weighted by atomic mass is 19.1. The average Bonchev–Trinajstić information content (AvgIpc) is 3.41. The van der Waals surface area contributed by atoms with Gasteiger partial charge in [0.25, 0.3) is 5.91 Å². The second-order valence-electron chi connectivity index (χ2n) is 10.3. The molecule has 0 spiro atoms. The number of nitrogens with zero attached hydrogens (tertiary/aromatic N) is 1. The van der Waals surface area contributed by atoms with Crippen molar-refractivity contribution in [2.45, 2.75) is 71.5 Å². The maximum absolute atomic E-state index is 14.8. The van der Waals surface area contributed by atoms with E-state index in [4.69, 9.17) is 4.74 Å². The van der Waals surface area contributed by atoms with Crippen LogP contribution in [0.25, 0.3) is 0 Å². The first-order chi connectivity index (χ1) is 18.3. The summed E-state index contributed by atoms with van der Waals surface area (Å²) in [6.07, 6.45) is 4.34. The number of amides is 2. The summed E-state index contributed by atoms with van der Waals surface area (Å²) < 4.78 is 20.8. The van der Waals surface area contributed by atoms with Crippen LogP contribution >= 0.6 is 0 Å². The van der Waals surface area contributed by atoms with Crippen LogP contribution in [-0.2, 0) is 22.6 Å². The molecule has 0 heterocycles. The number of aryl methyl sites for hydroxylation is 2. The molecule has 38 heavy (non-hydrogen) atoms. The Morgan fingerprint density at radius 3 is 2.39 bits per heavy atom. The number of nitrogens with one attached hydrogen (secondary N) is 1. The molecule has 200 valence electrons. The lowest BCUT2D eigenvalue weighted by Gasteiger charge is -2.32. The summed E-state index contributed by atoms with van der Waals surface area (Å²) in [5.74, 6) is -0.356. The Morgan fingerprint density at radius 2 is 1.68 bits per heavy atom. The standard InChI is InChI=1S/C32H37FN2O3/c1-22-17-23(2)24(3)30(18-22)38-21-31(36)35(20-26-13-7-10-16-28(26)33)29(19-25-11-5-4-6-12-25)32(37)34-27-14-8-9-15-27/h4-7,10-13,16-18,27,29H,8-9,14-15,19-21H2,1-3H3,(H,34,37)/t29-/m1/s1. The van der Waals surface area contributed by atoms with Gasteiger partial charge in [-0.1, -0.05) is 67.4 Å². The molecule has 1 N–H and O–H groups in total. The molecule has 1 aliphatic rings. The molecule has 1 aliphatic carbocycles. The molecule has 0 bridgehead atoms. The largest absolute Gasteiger partial charge is 0.483 e. The molecule has 0 radical (unpaired) electrons. The molecular weight excluding hydrogens is 479 g/mol. The van der Waals surface area contributed by atoms with E-state index in [1.165, 1.54) is 11.0 Å². The van der Waals surface area contributed by atoms with Gasteiger partial charge in [-0.15, -0.1) is 0 Å². The van der Waals surface area contributed by atoms with Gasteiger partial charge in [-0.3, -0.25) is 9.59 Å². The Kier molecular flexibility index (Phi) is 9.16. The minimum atomic E-state index is -0.811. The average molecular weight is 517 g/mol. The number of hydrogen-bond acceptors (Lipinski definition) is 3. The first kappa shape index (κ1) is 27.4. The summed E-state index contributed by atoms with van der Waals surface area (Å²) in [4.78, 5) is 29.0. The predicted molar refractivity (Wildman–Crippen MR) is 147 cm³/mol. The minimum Gasteiger partial charge on any atom is -0.483 e. The molecule has 1 atom stereocenters. The highest BCUT2D eigenvalue weighted by molar-refractivity contribution is 5.88. The van der Waals surface area contributed by atoms with Crippen LogP contribution in [0.5, 0.6) is 5.75 Å². The Balaban J connectivity index is 1.64. The highest BCUT2D eigenvalue weighted by Gasteiger charge is 2.33. The molecule has 4 rings (SSSR count). The first-order valence-corrected chi connectivity index (χ1v) is 13.4. The van der Waals surface area contributed by atoms with Gasteiger partial charge >= 0.3 is 0 Å². The lowest BCUT2D eigenvalue weighted by atomic mass is 10.0. The third-order valence-corrected chi connectivity index (χ3v) is 7.39. The number of hydrogen-bond donors (Lipinski definition) is 1. The van der Waals surface area contributed by atoms with Crippen LogP contribution in [0, 0.1) is 26.6 Å². The van der Waals surface area contributed by atoms with Gasteiger partial charge in [0.1, 0.15) is 17.6 Å². The van der Waals surface area contributed by atoms with Crippen molar-refractivity contribution in [1.82, 2.24) is 10.2 Å². The van der Waals surface area contributed by atoms with E-state index in [-0.39, 0.29) is 31.0 Å². The summed E-state index contributed by atoms with van der Waals surface area (Å²) >= 11 is 0. The van der Waals surface area contributed by atoms with Crippen molar-refractivity contribution in [2.24, 2.45) is 0 Å². The molecular formula is C32H37FN2O3. The maximum Gasteiger partial charge on any atom is 0.261 e. The van der Waals surface area contributed by atoms with Gasteiger partial charge in [0.2, 0.25) is 5.91 Å². The first-order valence-electron chi connectivity index (χ1n) is 13.4. The summed E-state index contributed by atoms with van der Waals surface area (Å²) in [6.45, 7) is 5.66. The molecule has 0 unspecified atom stereocenters. The van der Waals surface area contributed by atoms with Crippen molar-refractivity contribution < 1.29 is 18.7 Å². The quantitative estimate of drug-likeness (QED) is 0.369. The number of halogens is 1. The third kappa shape index (κ3) is 7.00. The fraction of sp³-hybridized carbons (Fsp3) is 0.375. The van der Waals surface area contributed by atoms with Crippen LogP contribution in [0.15, 0.2) is 66.7 Å². The number of carbonyl (C=O) groups is 2. The fourth-order valence-corrected chi connectivity index (χ4v) is 5.10. The Bertz CT molecular complexity index is 1250. The lowest BCUT2D eigenvalue weighted by Crippen LogP contribution is -2.53. The molecule has 0 aliphatic heterocycles. The monoisotopic (exact) mass is 516 g/mol. The third-order valence-electron chi connectivity index (χ3n) is 7.39. The van der Waals surface area contributed by atoms with Gasteiger partial charge in [0.05, 0.1) is 0 Å². The Hall–Kier alpha value is -3.67. The lowest BCUT2D eigenvalue weighted by molar-refractivity contribution is -0.143. The van der Waals surface area contributed by atoms with Crippen LogP contribution < -0.4 is 10.1 Å². The van der Waals surface area contributed by atoms with Gasteiger partial charge in [-0.25, -0.2) is 4.39 Å². The summed E-state index contributed by atoms with van der Waals surface area (Å²) in [5, 5.41) is 3.17. The van der Waals surface area contributed by atoms with Crippen molar-refractivity contribution in [3.05, 3.63) is 100 Å². The van der Waals surface area contributed by atoms with Crippen LogP contribution in [0.1, 0.15) is 53.5 Å². The van der Waals surface area contributed by atoms with E-state index < -0.39 is 11.9 Å². The van der Waals surface area contributed by atoms with E-state index in [1.807, 2.05) is 57.2 Å². The molecule has 0 aromatic heterocycles. The van der Waals surface area contributed by atoms with E-state index in [0.29, 0.717) is 17.7 Å². The zero-order valence-electron chi connectivity index (χ0n) is 22.5. The molecule has 1 saturated carbocycles. The molecule has 6 heteroatoms. The molecule has 2 amide bonds. The van der Waals surface area contributed by atoms with Crippen molar-refractivity contribution in [2.75, 3.05) is 6.61 Å². The predicted octanol–water partition coefficient (Wildman–Crippen LogP) is 5.83. The minimum absolute atomic E-state index is 0.0315. The topological polar surface area (TPSA) is 58.6 Å². The highest BCUT2D eigenvalue weighted by Crippen LogP contribution is 2.24. The Morgan fingerprint density at radius 1 is 1.00 bits per heavy atom. The summed E-state index contributed by atoms with van der Waals surface area (Å²) in [6, 6.07) is 19.3. The zero-order valence-corrected chi connectivity index (χ0v) is 22.5. The van der Waals surface area contributed by atoms with Gasteiger partial charge in [0.15, 0.2) is 6.61 Å². The molecule has 5 nitrogen and oxygen atoms in total. The fourth-order valence-electron chi connectivity index (χ4n) is 5.10. The van der Waals surface area contributed by atoms with Crippen molar-refractivity contribution in [1.29, 1.82) is 0 Å². The van der Waals surface area contributed by atoms with Crippen LogP contribution in [0.2, 0.25) is 0 Å². The number of rotatable bonds is 10. The van der Waals surface area contributed by atoms with E-state index in [1.54, 1.807) is 18.2 Å². The second-order valence-corrected chi connectivity index (χ2v) is 10.3. The molecule has 3 aromatic carbocycles. The molecule has 3 aromatic rings. The smallest absolute Gasteiger partial charge is 0.261 e. The van der Waals surface area contributed by atoms with E-state index in [2.05, 4.69) is 11.4 Å². The second kappa shape index (κ2) is 12.7. The summed E-state index contributed by atoms with van der Waals surface area (Å²) in [7, 11) is 0. The van der Waals surface area contributed by atoms with Crippen LogP contribution in [0.3, 0.4) is 0 Å². The van der Waals surface area contributed by atoms with Crippen LogP contribution in [-0.4, -0.2) is 35.4 Å². The molecule has 0 saturated heterocycles. The van der Waals surface area contributed by atoms with Gasteiger partial charge in [0, 0.05) is 24.6 Å². The number of carbonyl (C=O) groups excluding carboxylic acids is 2. The van der Waals surface area contributed by atoms with Crippen LogP contribution in [0.4, 0.5) is 4.39 Å². The zero-order chi connectivity index (χ0) is 27.1. The SMILES string of the molecule is Cc1cc(C)c(C)c(OCC(=O)N(Cc2ccccc2F)[C@H](Cc2ccccc2)C(=O)NC2CCCC2)c1. The maximum atomic E-state index is 14.8. The van der Waals surface area contributed by atoms with E-state index >= 15 is 0 Å². The Labute approximate surface area is 225 Å². The van der Waals surface area contributed by atoms with Gasteiger partial charge in [-0.05, 0) is 68.0 Å². The normalized spacial score (nSPS) is 14.2. The van der Waals surface area contributed by atoms with Crippen molar-refractivity contribution in [3.8, 4) is 5.75 Å². The van der Waals surface area contributed by atoms with E-state index in [9.17, 15) is 14.0 Å². The van der Waals surface area contributed by atoms with E-state index in [0.717, 1.165) is 47.9 Å². The molecule has 1 fully saturated rings. The number of ether oxygens (including phenoxy) is 1. The van der Waals surface area contributed by atoms with Crippen molar-refractivity contribution >= 4 is 11.8 Å². The van der Waals surface area contributed by atoms with Gasteiger partial charge in [-0.2, -0.15) is 0 Å². The number of benzene rings is 3. The summed E-state index contributed by atoms with van der Waals surface area (Å²) in [5.41, 5.74) is 4.36.